The Kier molecular flexibility index (Phi) is 9.79. The van der Waals surface area contributed by atoms with Crippen LogP contribution in [-0.4, -0.2) is 54.2 Å². The molecule has 1 nitrogen and oxygen atoms in total. The molecule has 0 fully saturated rings. The van der Waals surface area contributed by atoms with Crippen LogP contribution in [0.15, 0.2) is 91.0 Å². The Hall–Kier alpha value is -3.57. The van der Waals surface area contributed by atoms with Crippen LogP contribution >= 0.6 is 0 Å². The molecule has 3 rings (SSSR count). The summed E-state index contributed by atoms with van der Waals surface area (Å²) in [6.45, 7) is -1.78. The van der Waals surface area contributed by atoms with Gasteiger partial charge in [-0.05, 0) is 16.7 Å². The number of rotatable bonds is 13. The van der Waals surface area contributed by atoms with Gasteiger partial charge in [-0.1, -0.05) is 91.0 Å². The van der Waals surface area contributed by atoms with Crippen LogP contribution in [0.25, 0.3) is 0 Å². The topological polar surface area (TPSA) is 9.23 Å². The van der Waals surface area contributed by atoms with Gasteiger partial charge in [-0.25, -0.2) is 0 Å². The molecule has 0 atom stereocenters. The zero-order valence-corrected chi connectivity index (χ0v) is 22.9. The summed E-state index contributed by atoms with van der Waals surface area (Å²) >= 11 is 0. The Labute approximate surface area is 253 Å². The summed E-state index contributed by atoms with van der Waals surface area (Å²) in [6.07, 6.45) is -10.5. The molecule has 3 aromatic carbocycles. The maximum atomic E-state index is 14.7. The lowest BCUT2D eigenvalue weighted by Gasteiger charge is -2.43. The summed E-state index contributed by atoms with van der Waals surface area (Å²) in [5.74, 6) is -56.8. The first-order valence-corrected chi connectivity index (χ1v) is 12.8. The van der Waals surface area contributed by atoms with Crippen molar-refractivity contribution in [2.75, 3.05) is 6.61 Å². The Balaban J connectivity index is 2.05. The number of halogens is 17. The lowest BCUT2D eigenvalue weighted by atomic mass is 9.80. The summed E-state index contributed by atoms with van der Waals surface area (Å²) in [5.41, 5.74) is -1.70. The summed E-state index contributed by atoms with van der Waals surface area (Å²) in [6, 6.07) is 21.2. The molecule has 0 unspecified atom stereocenters. The molecule has 0 bridgehead atoms. The molecule has 0 amide bonds. The highest BCUT2D eigenvalue weighted by atomic mass is 19.4. The molecule has 18 heteroatoms. The van der Waals surface area contributed by atoms with Gasteiger partial charge in [0.2, 0.25) is 0 Å². The van der Waals surface area contributed by atoms with E-state index in [4.69, 9.17) is 4.74 Å². The molecular formula is C29H19F17O. The van der Waals surface area contributed by atoms with Crippen LogP contribution in [0.5, 0.6) is 0 Å². The van der Waals surface area contributed by atoms with Crippen molar-refractivity contribution in [1.82, 2.24) is 0 Å². The van der Waals surface area contributed by atoms with Gasteiger partial charge in [-0.15, -0.1) is 0 Å². The van der Waals surface area contributed by atoms with Gasteiger partial charge >= 0.3 is 47.6 Å². The molecule has 3 aromatic rings. The number of hydrogen-bond acceptors (Lipinski definition) is 1. The van der Waals surface area contributed by atoms with Crippen LogP contribution in [-0.2, 0) is 10.3 Å². The first-order valence-electron chi connectivity index (χ1n) is 12.8. The second-order valence-corrected chi connectivity index (χ2v) is 10.0. The molecule has 0 aliphatic heterocycles. The Morgan fingerprint density at radius 2 is 0.638 bits per heavy atom. The highest BCUT2D eigenvalue weighted by molar-refractivity contribution is 5.47. The molecule has 0 aliphatic carbocycles. The van der Waals surface area contributed by atoms with Gasteiger partial charge in [0.1, 0.15) is 5.60 Å². The first-order chi connectivity index (χ1) is 21.3. The van der Waals surface area contributed by atoms with Crippen LogP contribution in [0.4, 0.5) is 74.6 Å². The van der Waals surface area contributed by atoms with E-state index in [0.717, 1.165) is 0 Å². The monoisotopic (exact) mass is 706 g/mol. The van der Waals surface area contributed by atoms with Gasteiger partial charge < -0.3 is 4.74 Å². The van der Waals surface area contributed by atoms with Crippen LogP contribution in [0, 0.1) is 0 Å². The molecule has 0 N–H and O–H groups in total. The number of ether oxygens (including phenoxy) is 1. The highest BCUT2D eigenvalue weighted by Gasteiger charge is 2.95. The third-order valence-corrected chi connectivity index (χ3v) is 7.06. The van der Waals surface area contributed by atoms with Crippen molar-refractivity contribution in [2.24, 2.45) is 0 Å². The van der Waals surface area contributed by atoms with E-state index in [9.17, 15) is 74.6 Å². The van der Waals surface area contributed by atoms with Gasteiger partial charge in [-0.3, -0.25) is 0 Å². The predicted octanol–water partition coefficient (Wildman–Crippen LogP) is 10.4. The fourth-order valence-electron chi connectivity index (χ4n) is 4.45. The summed E-state index contributed by atoms with van der Waals surface area (Å²) in [4.78, 5) is 0. The minimum atomic E-state index is -8.68. The number of hydrogen-bond donors (Lipinski definition) is 0. The summed E-state index contributed by atoms with van der Waals surface area (Å²) in [7, 11) is 0. The Morgan fingerprint density at radius 3 is 0.936 bits per heavy atom. The van der Waals surface area contributed by atoms with E-state index in [0.29, 0.717) is 0 Å². The molecular weight excluding hydrogens is 687 g/mol. The fraction of sp³-hybridized carbons (Fsp3) is 0.379. The lowest BCUT2D eigenvalue weighted by molar-refractivity contribution is -0.462. The number of alkyl halides is 17. The van der Waals surface area contributed by atoms with Gasteiger partial charge in [0.05, 0.1) is 6.61 Å². The van der Waals surface area contributed by atoms with E-state index < -0.39 is 66.3 Å². The van der Waals surface area contributed by atoms with Crippen LogP contribution in [0.2, 0.25) is 0 Å². The van der Waals surface area contributed by atoms with Crippen molar-refractivity contribution in [3.8, 4) is 0 Å². The maximum Gasteiger partial charge on any atom is 0.460 e. The zero-order valence-electron chi connectivity index (χ0n) is 22.9. The average molecular weight is 706 g/mol. The second kappa shape index (κ2) is 12.1. The molecule has 0 aliphatic rings. The van der Waals surface area contributed by atoms with Gasteiger partial charge in [0.15, 0.2) is 0 Å². The van der Waals surface area contributed by atoms with Gasteiger partial charge in [0.25, 0.3) is 0 Å². The SMILES string of the molecule is FC(F)(F)C(F)(F)C(F)(F)C(F)(F)C(F)(F)C(F)(F)C(F)(F)C(F)(F)CCOC(c1ccccc1)(c1ccccc1)c1ccccc1. The molecule has 0 saturated carbocycles. The lowest BCUT2D eigenvalue weighted by Crippen LogP contribution is -2.74. The van der Waals surface area contributed by atoms with Crippen molar-refractivity contribution >= 4 is 0 Å². The van der Waals surface area contributed by atoms with Crippen LogP contribution < -0.4 is 0 Å². The molecule has 0 spiro atoms. The van der Waals surface area contributed by atoms with E-state index >= 15 is 0 Å². The molecule has 0 aromatic heterocycles. The van der Waals surface area contributed by atoms with E-state index in [1.54, 1.807) is 0 Å². The average Bonchev–Trinajstić information content (AvgIpc) is 2.99. The summed E-state index contributed by atoms with van der Waals surface area (Å²) < 4.78 is 238. The minimum absolute atomic E-state index is 0.108. The highest BCUT2D eigenvalue weighted by Crippen LogP contribution is 2.64. The van der Waals surface area contributed by atoms with Crippen molar-refractivity contribution < 1.29 is 79.4 Å². The largest absolute Gasteiger partial charge is 0.460 e. The van der Waals surface area contributed by atoms with E-state index in [2.05, 4.69) is 0 Å². The molecule has 260 valence electrons. The number of benzene rings is 3. The standard InChI is InChI=1S/C29H19F17O/c30-21(31,23(32,33)24(34,35)25(36,37)26(38,39)27(40,41)28(42,43)29(44,45)46)16-17-47-22(18-10-4-1-5-11-18,19-12-6-2-7-13-19)20-14-8-3-9-15-20/h1-15H,16-17H2. The predicted molar refractivity (Wildman–Crippen MR) is 130 cm³/mol. The van der Waals surface area contributed by atoms with Crippen molar-refractivity contribution in [2.45, 2.75) is 59.7 Å². The quantitative estimate of drug-likeness (QED) is 0.127. The van der Waals surface area contributed by atoms with Crippen molar-refractivity contribution in [3.05, 3.63) is 108 Å². The zero-order chi connectivity index (χ0) is 36.0. The summed E-state index contributed by atoms with van der Waals surface area (Å²) in [5, 5.41) is 0. The molecule has 0 heterocycles. The van der Waals surface area contributed by atoms with E-state index in [1.165, 1.54) is 91.0 Å². The molecule has 47 heavy (non-hydrogen) atoms. The smallest absolute Gasteiger partial charge is 0.361 e. The van der Waals surface area contributed by atoms with Crippen molar-refractivity contribution in [3.63, 3.8) is 0 Å². The van der Waals surface area contributed by atoms with E-state index in [1.807, 2.05) is 0 Å². The van der Waals surface area contributed by atoms with Crippen LogP contribution in [0.1, 0.15) is 23.1 Å². The third kappa shape index (κ3) is 5.79. The minimum Gasteiger partial charge on any atom is -0.361 e. The Bertz CT molecular complexity index is 1370. The normalized spacial score (nSPS) is 14.7. The first kappa shape index (κ1) is 37.9. The maximum absolute atomic E-state index is 14.7. The van der Waals surface area contributed by atoms with Gasteiger partial charge in [-0.2, -0.15) is 74.6 Å². The van der Waals surface area contributed by atoms with Crippen LogP contribution in [0.3, 0.4) is 0 Å². The fourth-order valence-corrected chi connectivity index (χ4v) is 4.45. The third-order valence-electron chi connectivity index (χ3n) is 7.06. The second-order valence-electron chi connectivity index (χ2n) is 10.0. The Morgan fingerprint density at radius 1 is 0.362 bits per heavy atom. The van der Waals surface area contributed by atoms with Gasteiger partial charge in [0, 0.05) is 6.42 Å². The van der Waals surface area contributed by atoms with Crippen molar-refractivity contribution in [1.29, 1.82) is 0 Å². The van der Waals surface area contributed by atoms with E-state index in [-0.39, 0.29) is 16.7 Å². The molecule has 0 radical (unpaired) electrons. The molecule has 0 saturated heterocycles.